The normalized spacial score (nSPS) is 11.3. The quantitative estimate of drug-likeness (QED) is 0.388. The molecule has 29 heavy (non-hydrogen) atoms. The molecule has 0 saturated heterocycles. The summed E-state index contributed by atoms with van der Waals surface area (Å²) in [7, 11) is 0. The maximum absolute atomic E-state index is 12.7. The number of carboxylic acids is 1. The van der Waals surface area contributed by atoms with Crippen LogP contribution in [-0.2, 0) is 6.42 Å². The van der Waals surface area contributed by atoms with E-state index in [0.29, 0.717) is 26.5 Å². The van der Waals surface area contributed by atoms with Crippen LogP contribution < -0.4 is 0 Å². The highest BCUT2D eigenvalue weighted by molar-refractivity contribution is 7.25. The van der Waals surface area contributed by atoms with Crippen molar-refractivity contribution in [3.8, 4) is 9.88 Å². The fraction of sp³-hybridized carbons (Fsp3) is 0.0476. The molecule has 0 saturated carbocycles. The number of fused-ring (bicyclic) bond motifs is 2. The summed E-state index contributed by atoms with van der Waals surface area (Å²) in [5.74, 6) is -1.46. The van der Waals surface area contributed by atoms with Crippen molar-refractivity contribution in [2.75, 3.05) is 0 Å². The Labute approximate surface area is 172 Å². The van der Waals surface area contributed by atoms with Gasteiger partial charge in [-0.2, -0.15) is 0 Å². The van der Waals surface area contributed by atoms with E-state index < -0.39 is 5.97 Å². The maximum atomic E-state index is 12.7. The molecule has 3 aromatic heterocycles. The minimum atomic E-state index is -1.08. The molecule has 8 heteroatoms. The Morgan fingerprint density at radius 2 is 1.76 bits per heavy atom. The largest absolute Gasteiger partial charge is 0.478 e. The van der Waals surface area contributed by atoms with Crippen molar-refractivity contribution in [1.82, 2.24) is 9.97 Å². The molecule has 0 aliphatic carbocycles. The molecule has 0 aliphatic rings. The summed E-state index contributed by atoms with van der Waals surface area (Å²) in [5, 5.41) is 12.1. The summed E-state index contributed by atoms with van der Waals surface area (Å²) in [6, 6.07) is 14.7. The smallest absolute Gasteiger partial charge is 0.337 e. The van der Waals surface area contributed by atoms with Gasteiger partial charge in [0.1, 0.15) is 10.5 Å². The summed E-state index contributed by atoms with van der Waals surface area (Å²) < 4.78 is 6.50. The van der Waals surface area contributed by atoms with E-state index in [4.69, 9.17) is 4.42 Å². The third-order valence-electron chi connectivity index (χ3n) is 4.45. The maximum Gasteiger partial charge on any atom is 0.337 e. The second-order valence-electron chi connectivity index (χ2n) is 6.34. The second-order valence-corrected chi connectivity index (χ2v) is 8.25. The van der Waals surface area contributed by atoms with Crippen molar-refractivity contribution >= 4 is 55.7 Å². The molecule has 0 bridgehead atoms. The first-order valence-corrected chi connectivity index (χ1v) is 10.4. The predicted molar refractivity (Wildman–Crippen MR) is 112 cm³/mol. The highest BCUT2D eigenvalue weighted by Gasteiger charge is 2.25. The van der Waals surface area contributed by atoms with Gasteiger partial charge in [0.2, 0.25) is 5.78 Å². The number of carbonyl (C=O) groups is 2. The molecule has 0 fully saturated rings. The highest BCUT2D eigenvalue weighted by Crippen LogP contribution is 2.38. The summed E-state index contributed by atoms with van der Waals surface area (Å²) in [5.41, 5.74) is 2.48. The summed E-state index contributed by atoms with van der Waals surface area (Å²) in [6.45, 7) is 0. The van der Waals surface area contributed by atoms with Crippen LogP contribution in [0.3, 0.4) is 0 Å². The summed E-state index contributed by atoms with van der Waals surface area (Å²) in [4.78, 5) is 34.0. The number of aromatic carboxylic acids is 1. The number of ketones is 1. The fourth-order valence-electron chi connectivity index (χ4n) is 3.12. The van der Waals surface area contributed by atoms with Crippen LogP contribution in [0.25, 0.3) is 31.2 Å². The van der Waals surface area contributed by atoms with E-state index >= 15 is 0 Å². The van der Waals surface area contributed by atoms with E-state index in [1.165, 1.54) is 22.7 Å². The van der Waals surface area contributed by atoms with Crippen molar-refractivity contribution in [3.05, 3.63) is 70.9 Å². The molecule has 0 spiro atoms. The number of hydrogen-bond acceptors (Lipinski definition) is 7. The van der Waals surface area contributed by atoms with Crippen LogP contribution in [0.15, 0.2) is 58.3 Å². The van der Waals surface area contributed by atoms with Crippen molar-refractivity contribution < 1.29 is 19.1 Å². The lowest BCUT2D eigenvalue weighted by molar-refractivity contribution is 0.0697. The first-order valence-electron chi connectivity index (χ1n) is 8.68. The van der Waals surface area contributed by atoms with Crippen LogP contribution in [0.5, 0.6) is 0 Å². The fourth-order valence-corrected chi connectivity index (χ4v) is 5.25. The first kappa shape index (κ1) is 17.7. The summed E-state index contributed by atoms with van der Waals surface area (Å²) in [6.07, 6.45) is -0.101. The van der Waals surface area contributed by atoms with Gasteiger partial charge >= 0.3 is 5.97 Å². The lowest BCUT2D eigenvalue weighted by Crippen LogP contribution is -2.08. The van der Waals surface area contributed by atoms with Gasteiger partial charge in [-0.15, -0.1) is 22.7 Å². The van der Waals surface area contributed by atoms with Crippen LogP contribution in [-0.4, -0.2) is 26.8 Å². The van der Waals surface area contributed by atoms with Crippen LogP contribution in [0.4, 0.5) is 0 Å². The molecule has 0 amide bonds. The molecule has 6 nitrogen and oxygen atoms in total. The Morgan fingerprint density at radius 1 is 1.00 bits per heavy atom. The average molecular weight is 420 g/mol. The Balaban J connectivity index is 1.52. The number of hydrogen-bond donors (Lipinski definition) is 1. The van der Waals surface area contributed by atoms with Crippen molar-refractivity contribution in [3.63, 3.8) is 0 Å². The molecule has 0 aliphatic heterocycles. The van der Waals surface area contributed by atoms with Gasteiger partial charge in [-0.1, -0.05) is 24.3 Å². The van der Waals surface area contributed by atoms with Gasteiger partial charge < -0.3 is 9.52 Å². The molecule has 0 unspecified atom stereocenters. The van der Waals surface area contributed by atoms with E-state index in [0.717, 1.165) is 10.2 Å². The molecule has 0 atom stereocenters. The third kappa shape index (κ3) is 3.12. The van der Waals surface area contributed by atoms with E-state index in [2.05, 4.69) is 9.97 Å². The highest BCUT2D eigenvalue weighted by atomic mass is 32.1. The Bertz CT molecular complexity index is 1330. The van der Waals surface area contributed by atoms with Gasteiger partial charge in [0.05, 0.1) is 20.7 Å². The zero-order valence-electron chi connectivity index (χ0n) is 14.8. The minimum Gasteiger partial charge on any atom is -0.478 e. The van der Waals surface area contributed by atoms with E-state index in [9.17, 15) is 14.7 Å². The molecule has 5 aromatic rings. The molecular weight excluding hydrogens is 408 g/mol. The van der Waals surface area contributed by atoms with Crippen molar-refractivity contribution in [1.29, 1.82) is 0 Å². The van der Waals surface area contributed by atoms with Gasteiger partial charge in [0, 0.05) is 6.42 Å². The number of rotatable bonds is 5. The van der Waals surface area contributed by atoms with Crippen molar-refractivity contribution in [2.45, 2.75) is 6.42 Å². The Kier molecular flexibility index (Phi) is 4.22. The zero-order chi connectivity index (χ0) is 20.0. The predicted octanol–water partition coefficient (Wildman–Crippen LogP) is 5.29. The van der Waals surface area contributed by atoms with E-state index in [1.54, 1.807) is 23.6 Å². The van der Waals surface area contributed by atoms with Crippen LogP contribution in [0.2, 0.25) is 0 Å². The number of para-hydroxylation sites is 3. The molecule has 142 valence electrons. The van der Waals surface area contributed by atoms with Gasteiger partial charge in [0.15, 0.2) is 5.58 Å². The lowest BCUT2D eigenvalue weighted by Gasteiger charge is -2.00. The molecule has 5 rings (SSSR count). The number of Topliss-reactive ketones (excluding diaryl/α,β-unsaturated/α-hetero) is 1. The molecule has 3 heterocycles. The minimum absolute atomic E-state index is 0.0183. The average Bonchev–Trinajstić information content (AvgIpc) is 3.43. The third-order valence-corrected chi connectivity index (χ3v) is 6.67. The van der Waals surface area contributed by atoms with Crippen LogP contribution in [0.1, 0.15) is 26.6 Å². The zero-order valence-corrected chi connectivity index (χ0v) is 16.4. The first-order chi connectivity index (χ1) is 14.1. The Hall–Kier alpha value is -3.36. The van der Waals surface area contributed by atoms with E-state index in [-0.39, 0.29) is 23.7 Å². The second kappa shape index (κ2) is 6.91. The number of thiophene rings is 1. The number of aromatic nitrogens is 2. The van der Waals surface area contributed by atoms with Crippen molar-refractivity contribution in [2.24, 2.45) is 0 Å². The van der Waals surface area contributed by atoms with Crippen LogP contribution in [0, 0.1) is 0 Å². The SMILES string of the molecule is O=C(Cc1csc(-c2nc3ccccc3s2)c1C(=O)O)c1nc2ccccc2o1. The van der Waals surface area contributed by atoms with Gasteiger partial charge in [-0.25, -0.2) is 14.8 Å². The number of nitrogens with zero attached hydrogens (tertiary/aromatic N) is 2. The number of benzene rings is 2. The number of carboxylic acid groups (broad SMARTS) is 1. The summed E-state index contributed by atoms with van der Waals surface area (Å²) >= 11 is 2.71. The lowest BCUT2D eigenvalue weighted by atomic mass is 10.1. The molecule has 2 aromatic carbocycles. The monoisotopic (exact) mass is 420 g/mol. The molecule has 0 radical (unpaired) electrons. The Morgan fingerprint density at radius 3 is 2.52 bits per heavy atom. The number of carbonyl (C=O) groups excluding carboxylic acids is 1. The standard InChI is InChI=1S/C21H12N2O4S2/c24-14(19-22-12-5-1-3-7-15(12)27-19)9-11-10-28-18(17(11)21(25)26)20-23-13-6-2-4-8-16(13)29-20/h1-8,10H,9H2,(H,25,26). The van der Waals surface area contributed by atoms with Gasteiger partial charge in [0.25, 0.3) is 5.89 Å². The number of thiazole rings is 1. The topological polar surface area (TPSA) is 93.3 Å². The van der Waals surface area contributed by atoms with Gasteiger partial charge in [-0.05, 0) is 35.2 Å². The van der Waals surface area contributed by atoms with Gasteiger partial charge in [-0.3, -0.25) is 4.79 Å². The molecule has 1 N–H and O–H groups in total. The van der Waals surface area contributed by atoms with E-state index in [1.807, 2.05) is 30.3 Å². The number of oxazole rings is 1. The molecular formula is C21H12N2O4S2. The van der Waals surface area contributed by atoms with Crippen LogP contribution >= 0.6 is 22.7 Å².